The SMILES string of the molecule is CN(C)c1ccc(/C=c2/[nH]c(=CC=C3C=NN=C3)n(CC(=O)NC3CCC(C(=O)NCCOCCOCCCCCCCl)CC3)c2=O)cc1. The van der Waals surface area contributed by atoms with E-state index in [1.165, 1.54) is 4.57 Å². The van der Waals surface area contributed by atoms with Gasteiger partial charge in [-0.1, -0.05) is 25.0 Å². The van der Waals surface area contributed by atoms with Crippen LogP contribution in [0.25, 0.3) is 12.2 Å². The second-order valence-electron chi connectivity index (χ2n) is 12.5. The molecule has 4 rings (SSSR count). The Morgan fingerprint density at radius 2 is 1.65 bits per heavy atom. The highest BCUT2D eigenvalue weighted by molar-refractivity contribution is 6.17. The van der Waals surface area contributed by atoms with Crippen LogP contribution in [0.3, 0.4) is 0 Å². The van der Waals surface area contributed by atoms with Gasteiger partial charge in [-0.25, -0.2) is 0 Å². The Morgan fingerprint density at radius 1 is 0.959 bits per heavy atom. The minimum Gasteiger partial charge on any atom is -0.379 e. The fraction of sp³-hybridized carbons (Fsp3) is 0.528. The van der Waals surface area contributed by atoms with Gasteiger partial charge in [0, 0.05) is 56.3 Å². The van der Waals surface area contributed by atoms with Gasteiger partial charge in [0.15, 0.2) is 0 Å². The number of allylic oxidation sites excluding steroid dienone is 2. The van der Waals surface area contributed by atoms with E-state index in [0.717, 1.165) is 49.1 Å². The molecule has 0 saturated heterocycles. The van der Waals surface area contributed by atoms with Crippen molar-refractivity contribution in [2.24, 2.45) is 16.1 Å². The highest BCUT2D eigenvalue weighted by Crippen LogP contribution is 2.24. The average Bonchev–Trinajstić information content (AvgIpc) is 3.72. The molecule has 12 nitrogen and oxygen atoms in total. The molecule has 2 aliphatic rings. The molecule has 49 heavy (non-hydrogen) atoms. The highest BCUT2D eigenvalue weighted by atomic mass is 35.5. The third-order valence-corrected chi connectivity index (χ3v) is 8.79. The number of carbonyl (C=O) groups excluding carboxylic acids is 2. The molecule has 1 aliphatic carbocycles. The molecule has 0 bridgehead atoms. The molecule has 2 amide bonds. The number of carbonyl (C=O) groups is 2. The van der Waals surface area contributed by atoms with Crippen molar-refractivity contribution >= 4 is 53.7 Å². The predicted molar refractivity (Wildman–Crippen MR) is 196 cm³/mol. The third-order valence-electron chi connectivity index (χ3n) is 8.52. The molecule has 1 aliphatic heterocycles. The van der Waals surface area contributed by atoms with Crippen LogP contribution in [0.1, 0.15) is 56.9 Å². The Hall–Kier alpha value is -4.00. The zero-order valence-corrected chi connectivity index (χ0v) is 29.4. The number of anilines is 1. The summed E-state index contributed by atoms with van der Waals surface area (Å²) < 4.78 is 12.6. The monoisotopic (exact) mass is 695 g/mol. The van der Waals surface area contributed by atoms with Crippen LogP contribution in [0, 0.1) is 5.92 Å². The molecule has 2 aromatic rings. The third kappa shape index (κ3) is 12.8. The van der Waals surface area contributed by atoms with Crippen molar-refractivity contribution in [2.45, 2.75) is 64.0 Å². The van der Waals surface area contributed by atoms with Gasteiger partial charge >= 0.3 is 0 Å². The van der Waals surface area contributed by atoms with Crippen molar-refractivity contribution in [3.8, 4) is 0 Å². The molecule has 1 saturated carbocycles. The number of aromatic nitrogens is 2. The Labute approximate surface area is 293 Å². The lowest BCUT2D eigenvalue weighted by atomic mass is 9.85. The standard InChI is InChI=1S/C36H50ClN7O5/c1-43(2)31-14-7-27(8-15-31)23-32-36(47)44(33(42-32)16-9-28-24-39-40-25-28)26-34(45)41-30-12-10-29(11-13-30)35(46)38-18-20-49-22-21-48-19-6-4-3-5-17-37/h7-9,14-16,23-25,29-30,42H,3-6,10-13,17-22,26H2,1-2H3,(H,38,46)(H,41,45)/b32-23+,33-16?. The summed E-state index contributed by atoms with van der Waals surface area (Å²) in [4.78, 5) is 44.6. The van der Waals surface area contributed by atoms with E-state index in [4.69, 9.17) is 21.1 Å². The van der Waals surface area contributed by atoms with E-state index in [2.05, 4.69) is 25.8 Å². The topological polar surface area (TPSA) is 142 Å². The molecule has 0 spiro atoms. The molecule has 0 atom stereocenters. The van der Waals surface area contributed by atoms with Crippen molar-refractivity contribution in [3.63, 3.8) is 0 Å². The van der Waals surface area contributed by atoms with E-state index in [9.17, 15) is 14.4 Å². The van der Waals surface area contributed by atoms with Gasteiger partial charge in [0.1, 0.15) is 17.4 Å². The van der Waals surface area contributed by atoms with Crippen LogP contribution < -0.4 is 31.9 Å². The molecule has 3 N–H and O–H groups in total. The Kier molecular flexibility index (Phi) is 15.8. The van der Waals surface area contributed by atoms with Gasteiger partial charge in [-0.3, -0.25) is 19.0 Å². The van der Waals surface area contributed by atoms with E-state index < -0.39 is 0 Å². The van der Waals surface area contributed by atoms with Crippen molar-refractivity contribution in [1.29, 1.82) is 0 Å². The van der Waals surface area contributed by atoms with Crippen molar-refractivity contribution < 1.29 is 19.1 Å². The first-order valence-corrected chi connectivity index (χ1v) is 17.7. The summed E-state index contributed by atoms with van der Waals surface area (Å²) in [5, 5.41) is 14.1. The number of alkyl halides is 1. The maximum absolute atomic E-state index is 13.5. The predicted octanol–water partition coefficient (Wildman–Crippen LogP) is 2.47. The molecule has 13 heteroatoms. The number of rotatable bonds is 19. The summed E-state index contributed by atoms with van der Waals surface area (Å²) in [6.07, 6.45) is 15.6. The fourth-order valence-electron chi connectivity index (χ4n) is 5.71. The molecule has 1 aromatic heterocycles. The molecule has 0 unspecified atom stereocenters. The number of aromatic amines is 1. The van der Waals surface area contributed by atoms with Gasteiger partial charge in [0.25, 0.3) is 5.56 Å². The lowest BCUT2D eigenvalue weighted by molar-refractivity contribution is -0.126. The van der Waals surface area contributed by atoms with Gasteiger partial charge in [0.05, 0.1) is 32.2 Å². The first-order valence-electron chi connectivity index (χ1n) is 17.2. The molecule has 266 valence electrons. The van der Waals surface area contributed by atoms with Crippen molar-refractivity contribution in [2.75, 3.05) is 57.8 Å². The highest BCUT2D eigenvalue weighted by Gasteiger charge is 2.27. The first kappa shape index (κ1) is 37.8. The summed E-state index contributed by atoms with van der Waals surface area (Å²) in [7, 11) is 3.94. The molecular formula is C36H50ClN7O5. The summed E-state index contributed by atoms with van der Waals surface area (Å²) in [6, 6.07) is 7.79. The maximum Gasteiger partial charge on any atom is 0.276 e. The van der Waals surface area contributed by atoms with E-state index in [1.54, 1.807) is 30.7 Å². The zero-order chi connectivity index (χ0) is 34.8. The van der Waals surface area contributed by atoms with Gasteiger partial charge in [-0.2, -0.15) is 10.2 Å². The quantitative estimate of drug-likeness (QED) is 0.152. The minimum absolute atomic E-state index is 0.0206. The van der Waals surface area contributed by atoms with Gasteiger partial charge < -0.3 is 30.0 Å². The number of nitrogens with one attached hydrogen (secondary N) is 3. The number of hydrogen-bond acceptors (Lipinski definition) is 8. The lowest BCUT2D eigenvalue weighted by Crippen LogP contribution is -2.44. The number of nitrogens with zero attached hydrogens (tertiary/aromatic N) is 4. The average molecular weight is 696 g/mol. The second-order valence-corrected chi connectivity index (χ2v) is 12.9. The Morgan fingerprint density at radius 3 is 2.35 bits per heavy atom. The number of hydrogen-bond donors (Lipinski definition) is 3. The van der Waals surface area contributed by atoms with E-state index in [1.807, 2.05) is 43.3 Å². The smallest absolute Gasteiger partial charge is 0.276 e. The molecule has 2 heterocycles. The Balaban J connectivity index is 1.23. The lowest BCUT2D eigenvalue weighted by Gasteiger charge is -2.28. The van der Waals surface area contributed by atoms with Crippen LogP contribution in [0.4, 0.5) is 5.69 Å². The molecular weight excluding hydrogens is 646 g/mol. The van der Waals surface area contributed by atoms with Crippen LogP contribution in [0.2, 0.25) is 0 Å². The number of unbranched alkanes of at least 4 members (excludes halogenated alkanes) is 3. The van der Waals surface area contributed by atoms with Crippen molar-refractivity contribution in [1.82, 2.24) is 20.2 Å². The number of imidazole rings is 1. The zero-order valence-electron chi connectivity index (χ0n) is 28.7. The Bertz CT molecular complexity index is 1610. The van der Waals surface area contributed by atoms with Crippen LogP contribution in [0.15, 0.2) is 50.9 Å². The molecule has 1 fully saturated rings. The fourth-order valence-corrected chi connectivity index (χ4v) is 5.90. The minimum atomic E-state index is -0.295. The number of halogens is 1. The van der Waals surface area contributed by atoms with Gasteiger partial charge in [0.2, 0.25) is 11.8 Å². The summed E-state index contributed by atoms with van der Waals surface area (Å²) in [5.41, 5.74) is 2.88. The molecule has 0 radical (unpaired) electrons. The number of ether oxygens (including phenoxy) is 2. The maximum atomic E-state index is 13.5. The second kappa shape index (κ2) is 20.5. The van der Waals surface area contributed by atoms with Gasteiger partial charge in [-0.15, -0.1) is 11.6 Å². The molecule has 1 aromatic carbocycles. The normalized spacial score (nSPS) is 17.9. The van der Waals surface area contributed by atoms with Crippen LogP contribution in [-0.4, -0.2) is 92.8 Å². The largest absolute Gasteiger partial charge is 0.379 e. The van der Waals surface area contributed by atoms with E-state index >= 15 is 0 Å². The van der Waals surface area contributed by atoms with Crippen LogP contribution in [0.5, 0.6) is 0 Å². The number of benzene rings is 1. The van der Waals surface area contributed by atoms with Crippen molar-refractivity contribution in [3.05, 3.63) is 62.7 Å². The van der Waals surface area contributed by atoms with Crippen LogP contribution in [-0.2, 0) is 25.6 Å². The summed E-state index contributed by atoms with van der Waals surface area (Å²) >= 11 is 5.68. The number of amides is 2. The summed E-state index contributed by atoms with van der Waals surface area (Å²) in [6.45, 7) is 2.53. The van der Waals surface area contributed by atoms with Crippen LogP contribution >= 0.6 is 11.6 Å². The first-order chi connectivity index (χ1) is 23.8. The number of H-pyrrole nitrogens is 1. The van der Waals surface area contributed by atoms with Gasteiger partial charge in [-0.05, 0) is 74.4 Å². The van der Waals surface area contributed by atoms with E-state index in [0.29, 0.717) is 68.8 Å². The summed E-state index contributed by atoms with van der Waals surface area (Å²) in [5.74, 6) is 0.387. The van der Waals surface area contributed by atoms with E-state index in [-0.39, 0.29) is 35.9 Å².